The van der Waals surface area contributed by atoms with Gasteiger partial charge in [-0.1, -0.05) is 154 Å². The molecule has 0 saturated heterocycles. The van der Waals surface area contributed by atoms with E-state index in [2.05, 4.69) is 102 Å². The van der Waals surface area contributed by atoms with Gasteiger partial charge in [-0.15, -0.1) is 0 Å². The minimum absolute atomic E-state index is 0.862. The second-order valence-corrected chi connectivity index (χ2v) is 17.9. The van der Waals surface area contributed by atoms with Crippen LogP contribution < -0.4 is 0 Å². The Hall–Kier alpha value is -2.43. The van der Waals surface area contributed by atoms with Crippen LogP contribution in [0.15, 0.2) is 59.7 Å². The third kappa shape index (κ3) is 21.4. The van der Waals surface area contributed by atoms with E-state index in [1.165, 1.54) is 167 Å². The molecule has 0 fully saturated rings. The van der Waals surface area contributed by atoms with E-state index in [9.17, 15) is 5.53 Å². The van der Waals surface area contributed by atoms with E-state index in [0.29, 0.717) is 0 Å². The van der Waals surface area contributed by atoms with E-state index >= 15 is 0 Å². The van der Waals surface area contributed by atoms with E-state index < -0.39 is 0 Å². The summed E-state index contributed by atoms with van der Waals surface area (Å²) >= 11 is 1.97. The van der Waals surface area contributed by atoms with Crippen LogP contribution in [0.25, 0.3) is 16.9 Å². The van der Waals surface area contributed by atoms with Gasteiger partial charge >= 0.3 is 77.6 Å². The van der Waals surface area contributed by atoms with Crippen molar-refractivity contribution in [2.75, 3.05) is 0 Å². The molecule has 0 unspecified atom stereocenters. The molecule has 0 N–H and O–H groups in total. The molecule has 0 amide bonds. The predicted octanol–water partition coefficient (Wildman–Crippen LogP) is 18.1. The monoisotopic (exact) mass is 821 g/mol. The first-order chi connectivity index (χ1) is 28.1. The summed E-state index contributed by atoms with van der Waals surface area (Å²) in [5, 5.41) is 2.81. The number of hydrogen-bond acceptors (Lipinski definition) is 0. The standard InChI is InChI=1S/C44H64N2.2C5H11.Ni/c1-5-9-13-14-15-16-17-18-19-20-21-22-23-24-34-42-41(33-12-8-4)43(39-31-25-29-37(35-39)27-10-6-2)46(45)44(42)40-32-26-30-38(36-40)28-11-7-3;2*1-3-5-4-2;/h25-26,29-32,35-36H,5-23,27-28,33H2,1-4H3;2*1,3-5H2,2H3;. The molecular weight excluding hydrogens is 735 g/mol. The van der Waals surface area contributed by atoms with Gasteiger partial charge in [-0.3, -0.25) is 0 Å². The minimum atomic E-state index is 0.862. The first-order valence-corrected chi connectivity index (χ1v) is 25.5. The fourth-order valence-electron chi connectivity index (χ4n) is 7.51. The number of aryl methyl sites for hydroxylation is 2. The molecule has 2 nitrogen and oxygen atoms in total. The summed E-state index contributed by atoms with van der Waals surface area (Å²) in [6.07, 6.45) is 35.6. The van der Waals surface area contributed by atoms with Crippen LogP contribution in [0.3, 0.4) is 0 Å². The van der Waals surface area contributed by atoms with Crippen molar-refractivity contribution in [2.45, 2.75) is 232 Å². The summed E-state index contributed by atoms with van der Waals surface area (Å²) in [5.41, 5.74) is 20.8. The Balaban J connectivity index is 0.000000886. The van der Waals surface area contributed by atoms with E-state index in [1.54, 1.807) is 0 Å². The van der Waals surface area contributed by atoms with Gasteiger partial charge in [-0.2, -0.15) is 0 Å². The molecule has 1 aliphatic rings. The molecule has 0 spiro atoms. The third-order valence-electron chi connectivity index (χ3n) is 11.1. The van der Waals surface area contributed by atoms with Crippen LogP contribution in [0.2, 0.25) is 10.8 Å². The van der Waals surface area contributed by atoms with E-state index in [0.717, 1.165) is 73.0 Å². The Morgan fingerprint density at radius 3 is 1.39 bits per heavy atom. The summed E-state index contributed by atoms with van der Waals surface area (Å²) in [5.74, 6) is 7.21. The summed E-state index contributed by atoms with van der Waals surface area (Å²) in [4.78, 5) is 0. The molecule has 3 heteroatoms. The summed E-state index contributed by atoms with van der Waals surface area (Å²) in [7, 11) is 0. The number of benzene rings is 2. The topological polar surface area (TPSA) is 25.3 Å². The molecule has 0 aromatic heterocycles. The first kappa shape index (κ1) is 50.7. The summed E-state index contributed by atoms with van der Waals surface area (Å²) < 4.78 is 1.48. The maximum absolute atomic E-state index is 12.0. The van der Waals surface area contributed by atoms with Crippen molar-refractivity contribution < 1.29 is 19.1 Å². The van der Waals surface area contributed by atoms with Crippen molar-refractivity contribution in [3.05, 3.63) is 87.5 Å². The normalized spacial score (nSPS) is 12.6. The fourth-order valence-corrected chi connectivity index (χ4v) is 8.75. The Bertz CT molecular complexity index is 1460. The number of nitrogens with zero attached hydrogens (tertiary/aromatic N) is 2. The second kappa shape index (κ2) is 34.4. The maximum atomic E-state index is 12.0. The van der Waals surface area contributed by atoms with Gasteiger partial charge in [-0.25, -0.2) is 4.70 Å². The molecule has 1 heterocycles. The average molecular weight is 822 g/mol. The molecule has 322 valence electrons. The molecule has 2 aromatic carbocycles. The Morgan fingerprint density at radius 2 is 0.895 bits per heavy atom. The zero-order valence-electron chi connectivity index (χ0n) is 38.0. The van der Waals surface area contributed by atoms with Crippen LogP contribution in [0.4, 0.5) is 0 Å². The Labute approximate surface area is 360 Å². The molecule has 2 aromatic rings. The molecule has 3 rings (SSSR count). The van der Waals surface area contributed by atoms with Crippen molar-refractivity contribution in [3.8, 4) is 11.8 Å². The predicted molar refractivity (Wildman–Crippen MR) is 249 cm³/mol. The van der Waals surface area contributed by atoms with E-state index in [-0.39, 0.29) is 0 Å². The molecular formula is C54H86N2Ni. The first-order valence-electron chi connectivity index (χ1n) is 24.1. The molecule has 57 heavy (non-hydrogen) atoms. The van der Waals surface area contributed by atoms with Gasteiger partial charge < -0.3 is 5.53 Å². The van der Waals surface area contributed by atoms with Gasteiger partial charge in [0.1, 0.15) is 5.57 Å². The quantitative estimate of drug-likeness (QED) is 0.0313. The second-order valence-electron chi connectivity index (χ2n) is 16.4. The van der Waals surface area contributed by atoms with E-state index in [1.807, 2.05) is 14.4 Å². The van der Waals surface area contributed by atoms with Crippen molar-refractivity contribution in [1.82, 2.24) is 0 Å². The van der Waals surface area contributed by atoms with Crippen LogP contribution in [0, 0.1) is 11.8 Å². The molecule has 0 bridgehead atoms. The summed E-state index contributed by atoms with van der Waals surface area (Å²) in [6.45, 7) is 13.6. The van der Waals surface area contributed by atoms with Crippen LogP contribution in [0.1, 0.15) is 231 Å². The number of unbranched alkanes of at least 4 members (excludes halogenated alkanes) is 19. The molecule has 0 radical (unpaired) electrons. The van der Waals surface area contributed by atoms with Gasteiger partial charge in [0.05, 0.1) is 0 Å². The number of rotatable bonds is 31. The van der Waals surface area contributed by atoms with Crippen molar-refractivity contribution in [2.24, 2.45) is 0 Å². The zero-order chi connectivity index (χ0) is 41.2. The molecule has 0 aliphatic carbocycles. The van der Waals surface area contributed by atoms with E-state index in [4.69, 9.17) is 0 Å². The zero-order valence-corrected chi connectivity index (χ0v) is 39.0. The Morgan fingerprint density at radius 1 is 0.474 bits per heavy atom. The van der Waals surface area contributed by atoms with Crippen LogP contribution in [-0.2, 0) is 27.3 Å². The van der Waals surface area contributed by atoms with Crippen molar-refractivity contribution in [1.29, 1.82) is 0 Å². The van der Waals surface area contributed by atoms with Gasteiger partial charge in [-0.05, 0) is 80.3 Å². The molecule has 0 atom stereocenters. The summed E-state index contributed by atoms with van der Waals surface area (Å²) in [6, 6.07) is 17.6. The van der Waals surface area contributed by atoms with Crippen molar-refractivity contribution >= 4 is 11.4 Å². The Kier molecular flexibility index (Phi) is 30.6. The molecule has 1 aliphatic heterocycles. The van der Waals surface area contributed by atoms with Crippen molar-refractivity contribution in [3.63, 3.8) is 0 Å². The van der Waals surface area contributed by atoms with Gasteiger partial charge in [0.25, 0.3) is 0 Å². The number of hydrogen-bond donors (Lipinski definition) is 0. The van der Waals surface area contributed by atoms with Gasteiger partial charge in [0.2, 0.25) is 11.4 Å². The van der Waals surface area contributed by atoms with Gasteiger partial charge in [0.15, 0.2) is 0 Å². The average Bonchev–Trinajstić information content (AvgIpc) is 3.51. The number of allylic oxidation sites excluding steroid dienone is 2. The molecule has 0 saturated carbocycles. The SMILES string of the molecule is CCCCCCCCCCCCCCC#CC1=C(c2cccc(CCCC)c2)[N+](=[N-])C(c2cccc(CCCC)c2)=C1CCCC.CCCC[CH2][Ni][CH2]CCCC. The van der Waals surface area contributed by atoms with Crippen LogP contribution in [-0.4, -0.2) is 4.70 Å². The fraction of sp³-hybridized carbons (Fsp3) is 0.667. The van der Waals surface area contributed by atoms with Crippen LogP contribution >= 0.6 is 0 Å². The third-order valence-corrected chi connectivity index (χ3v) is 12.5. The van der Waals surface area contributed by atoms with Gasteiger partial charge in [0, 0.05) is 23.1 Å². The van der Waals surface area contributed by atoms with Crippen LogP contribution in [0.5, 0.6) is 0 Å².